The number of anilines is 4. The first-order chi connectivity index (χ1) is 13.9. The van der Waals surface area contributed by atoms with Gasteiger partial charge in [-0.3, -0.25) is 8.61 Å². The zero-order valence-corrected chi connectivity index (χ0v) is 16.9. The van der Waals surface area contributed by atoms with Crippen LogP contribution in [0.1, 0.15) is 0 Å². The van der Waals surface area contributed by atoms with Crippen LogP contribution in [0.3, 0.4) is 0 Å². The van der Waals surface area contributed by atoms with Crippen molar-refractivity contribution in [2.24, 2.45) is 0 Å². The topological polar surface area (TPSA) is 6.48 Å². The first-order valence-corrected chi connectivity index (χ1v) is 11.1. The van der Waals surface area contributed by atoms with Crippen molar-refractivity contribution in [2.45, 2.75) is 0 Å². The van der Waals surface area contributed by atoms with Crippen molar-refractivity contribution >= 4 is 44.7 Å². The van der Waals surface area contributed by atoms with Crippen LogP contribution < -0.4 is 8.61 Å². The van der Waals surface area contributed by atoms with E-state index in [0.29, 0.717) is 0 Å². The number of hydrogen-bond acceptors (Lipinski definition) is 4. The monoisotopic (exact) mass is 400 g/mol. The van der Waals surface area contributed by atoms with E-state index in [-0.39, 0.29) is 0 Å². The Hall–Kier alpha value is -2.82. The third kappa shape index (κ3) is 4.53. The minimum absolute atomic E-state index is 1.15. The zero-order valence-electron chi connectivity index (χ0n) is 15.3. The molecule has 4 aromatic rings. The van der Waals surface area contributed by atoms with Crippen LogP contribution in [0.15, 0.2) is 121 Å². The van der Waals surface area contributed by atoms with Gasteiger partial charge in [-0.05, 0) is 48.5 Å². The summed E-state index contributed by atoms with van der Waals surface area (Å²) in [5.41, 5.74) is 4.58. The standard InChI is InChI=1S/C24H20N2S2/c1-5-13-21(14-6-1)25(22-15-7-2-8-16-22)27-28-26(23-17-9-3-10-18-23)24-19-11-4-12-20-24/h1-20H. The maximum Gasteiger partial charge on any atom is 0.0533 e. The molecule has 2 nitrogen and oxygen atoms in total. The predicted molar refractivity (Wildman–Crippen MR) is 125 cm³/mol. The van der Waals surface area contributed by atoms with E-state index in [9.17, 15) is 0 Å². The maximum atomic E-state index is 2.25. The number of nitrogens with zero attached hydrogens (tertiary/aromatic N) is 2. The first kappa shape index (κ1) is 18.5. The molecule has 0 radical (unpaired) electrons. The first-order valence-electron chi connectivity index (χ1n) is 9.07. The molecule has 0 atom stereocenters. The van der Waals surface area contributed by atoms with E-state index in [0.717, 1.165) is 22.7 Å². The third-order valence-electron chi connectivity index (χ3n) is 4.15. The van der Waals surface area contributed by atoms with Gasteiger partial charge < -0.3 is 0 Å². The van der Waals surface area contributed by atoms with Crippen molar-refractivity contribution < 1.29 is 0 Å². The molecule has 0 heterocycles. The molecule has 138 valence electrons. The molecule has 0 saturated carbocycles. The molecule has 0 spiro atoms. The summed E-state index contributed by atoms with van der Waals surface area (Å²) in [5.74, 6) is 0. The van der Waals surface area contributed by atoms with Crippen LogP contribution in [0.4, 0.5) is 22.7 Å². The Balaban J connectivity index is 1.64. The van der Waals surface area contributed by atoms with E-state index in [1.165, 1.54) is 0 Å². The number of rotatable bonds is 7. The minimum atomic E-state index is 1.15. The molecule has 4 heteroatoms. The Kier molecular flexibility index (Phi) is 6.22. The van der Waals surface area contributed by atoms with Gasteiger partial charge in [0, 0.05) is 0 Å². The Morgan fingerprint density at radius 2 is 0.536 bits per heavy atom. The highest BCUT2D eigenvalue weighted by Gasteiger charge is 2.16. The molecule has 0 amide bonds. The van der Waals surface area contributed by atoms with Crippen LogP contribution in [0, 0.1) is 0 Å². The zero-order chi connectivity index (χ0) is 19.0. The van der Waals surface area contributed by atoms with Gasteiger partial charge >= 0.3 is 0 Å². The summed E-state index contributed by atoms with van der Waals surface area (Å²) < 4.78 is 4.51. The molecule has 4 rings (SSSR count). The van der Waals surface area contributed by atoms with Gasteiger partial charge in [-0.25, -0.2) is 0 Å². The summed E-state index contributed by atoms with van der Waals surface area (Å²) in [4.78, 5) is 0. The summed E-state index contributed by atoms with van der Waals surface area (Å²) in [6.07, 6.45) is 0. The Bertz CT molecular complexity index is 802. The van der Waals surface area contributed by atoms with Gasteiger partial charge in [0.05, 0.1) is 44.7 Å². The van der Waals surface area contributed by atoms with Crippen molar-refractivity contribution in [3.63, 3.8) is 0 Å². The molecule has 4 aromatic carbocycles. The second-order valence-electron chi connectivity index (χ2n) is 6.08. The molecule has 0 bridgehead atoms. The quantitative estimate of drug-likeness (QED) is 0.230. The van der Waals surface area contributed by atoms with Crippen LogP contribution in [0.5, 0.6) is 0 Å². The fourth-order valence-electron chi connectivity index (χ4n) is 2.79. The average Bonchev–Trinajstić information content (AvgIpc) is 2.79. The van der Waals surface area contributed by atoms with Crippen LogP contribution >= 0.6 is 22.0 Å². The molecule has 0 fully saturated rings. The van der Waals surface area contributed by atoms with Crippen LogP contribution in [-0.4, -0.2) is 0 Å². The van der Waals surface area contributed by atoms with Crippen LogP contribution in [0.2, 0.25) is 0 Å². The summed E-state index contributed by atoms with van der Waals surface area (Å²) in [6, 6.07) is 41.8. The molecule has 0 unspecified atom stereocenters. The van der Waals surface area contributed by atoms with Crippen molar-refractivity contribution in [3.8, 4) is 0 Å². The van der Waals surface area contributed by atoms with Gasteiger partial charge in [-0.1, -0.05) is 72.8 Å². The lowest BCUT2D eigenvalue weighted by Crippen LogP contribution is -2.10. The highest BCUT2D eigenvalue weighted by Crippen LogP contribution is 2.44. The third-order valence-corrected chi connectivity index (χ3v) is 6.45. The van der Waals surface area contributed by atoms with E-state index in [1.807, 2.05) is 24.3 Å². The Morgan fingerprint density at radius 3 is 0.750 bits per heavy atom. The highest BCUT2D eigenvalue weighted by atomic mass is 33.1. The summed E-state index contributed by atoms with van der Waals surface area (Å²) in [5, 5.41) is 0. The smallest absolute Gasteiger partial charge is 0.0533 e. The van der Waals surface area contributed by atoms with Gasteiger partial charge in [0.1, 0.15) is 0 Å². The second kappa shape index (κ2) is 9.40. The van der Waals surface area contributed by atoms with Crippen molar-refractivity contribution in [3.05, 3.63) is 121 Å². The van der Waals surface area contributed by atoms with E-state index in [1.54, 1.807) is 22.0 Å². The molecular formula is C24H20N2S2. The van der Waals surface area contributed by atoms with E-state index < -0.39 is 0 Å². The van der Waals surface area contributed by atoms with E-state index >= 15 is 0 Å². The molecule has 0 N–H and O–H groups in total. The number of hydrogen-bond donors (Lipinski definition) is 0. The largest absolute Gasteiger partial charge is 0.274 e. The molecule has 0 aliphatic carbocycles. The van der Waals surface area contributed by atoms with Gasteiger partial charge in [0.15, 0.2) is 0 Å². The lowest BCUT2D eigenvalue weighted by atomic mass is 10.3. The number of benzene rings is 4. The van der Waals surface area contributed by atoms with Crippen LogP contribution in [-0.2, 0) is 0 Å². The summed E-state index contributed by atoms with van der Waals surface area (Å²) >= 11 is 0. The average molecular weight is 401 g/mol. The molecule has 0 aliphatic rings. The summed E-state index contributed by atoms with van der Waals surface area (Å²) in [6.45, 7) is 0. The Morgan fingerprint density at radius 1 is 0.321 bits per heavy atom. The van der Waals surface area contributed by atoms with Crippen molar-refractivity contribution in [1.29, 1.82) is 0 Å². The minimum Gasteiger partial charge on any atom is -0.274 e. The summed E-state index contributed by atoms with van der Waals surface area (Å²) in [7, 11) is 3.40. The molecule has 0 saturated heterocycles. The molecule has 0 aromatic heterocycles. The van der Waals surface area contributed by atoms with E-state index in [2.05, 4.69) is 106 Å². The lowest BCUT2D eigenvalue weighted by molar-refractivity contribution is 1.43. The normalized spacial score (nSPS) is 10.4. The predicted octanol–water partition coefficient (Wildman–Crippen LogP) is 7.87. The lowest BCUT2D eigenvalue weighted by Gasteiger charge is -2.28. The highest BCUT2D eigenvalue weighted by molar-refractivity contribution is 8.77. The SMILES string of the molecule is c1ccc(N(SSN(c2ccccc2)c2ccccc2)c2ccccc2)cc1. The van der Waals surface area contributed by atoms with Gasteiger partial charge in [-0.2, -0.15) is 0 Å². The second-order valence-corrected chi connectivity index (χ2v) is 8.00. The maximum absolute atomic E-state index is 2.25. The van der Waals surface area contributed by atoms with Gasteiger partial charge in [-0.15, -0.1) is 0 Å². The Labute approximate surface area is 174 Å². The van der Waals surface area contributed by atoms with Crippen molar-refractivity contribution in [2.75, 3.05) is 8.61 Å². The van der Waals surface area contributed by atoms with Gasteiger partial charge in [0.2, 0.25) is 0 Å². The van der Waals surface area contributed by atoms with Crippen molar-refractivity contribution in [1.82, 2.24) is 0 Å². The fourth-order valence-corrected chi connectivity index (χ4v) is 5.19. The van der Waals surface area contributed by atoms with Gasteiger partial charge in [0.25, 0.3) is 0 Å². The molecule has 0 aliphatic heterocycles. The number of para-hydroxylation sites is 4. The fraction of sp³-hybridized carbons (Fsp3) is 0. The molecular weight excluding hydrogens is 380 g/mol. The van der Waals surface area contributed by atoms with Crippen LogP contribution in [0.25, 0.3) is 0 Å². The van der Waals surface area contributed by atoms with E-state index in [4.69, 9.17) is 0 Å². The molecule has 28 heavy (non-hydrogen) atoms.